The minimum absolute atomic E-state index is 0.104. The summed E-state index contributed by atoms with van der Waals surface area (Å²) in [5.74, 6) is 0.936. The molecule has 5 nitrogen and oxygen atoms in total. The van der Waals surface area contributed by atoms with E-state index in [1.165, 1.54) is 25.8 Å². The van der Waals surface area contributed by atoms with Crippen molar-refractivity contribution in [3.05, 3.63) is 0 Å². The predicted octanol–water partition coefficient (Wildman–Crippen LogP) is 2.11. The molecular formula is C18H36N4O. The molecule has 0 spiro atoms. The first kappa shape index (κ1) is 18.5. The SMILES string of the molecule is CCNC(=NCC(C)N1CCCCC1C)NC1CCC(O)CC1. The van der Waals surface area contributed by atoms with Crippen molar-refractivity contribution < 1.29 is 5.11 Å². The Labute approximate surface area is 141 Å². The second-order valence-electron chi connectivity index (χ2n) is 7.30. The van der Waals surface area contributed by atoms with Crippen LogP contribution in [0.5, 0.6) is 0 Å². The lowest BCUT2D eigenvalue weighted by Crippen LogP contribution is -2.47. The van der Waals surface area contributed by atoms with E-state index in [0.717, 1.165) is 44.7 Å². The topological polar surface area (TPSA) is 59.9 Å². The van der Waals surface area contributed by atoms with Gasteiger partial charge in [-0.2, -0.15) is 0 Å². The van der Waals surface area contributed by atoms with Gasteiger partial charge in [0.15, 0.2) is 5.96 Å². The molecule has 3 N–H and O–H groups in total. The molecule has 1 saturated heterocycles. The van der Waals surface area contributed by atoms with E-state index in [9.17, 15) is 5.11 Å². The summed E-state index contributed by atoms with van der Waals surface area (Å²) in [6.45, 7) is 9.69. The number of aliphatic hydroxyl groups is 1. The molecule has 2 atom stereocenters. The number of aliphatic hydroxyl groups excluding tert-OH is 1. The Hall–Kier alpha value is -0.810. The molecule has 1 saturated carbocycles. The van der Waals surface area contributed by atoms with Crippen molar-refractivity contribution in [2.75, 3.05) is 19.6 Å². The zero-order valence-corrected chi connectivity index (χ0v) is 15.2. The summed E-state index contributed by atoms with van der Waals surface area (Å²) in [7, 11) is 0. The van der Waals surface area contributed by atoms with E-state index >= 15 is 0 Å². The maximum atomic E-state index is 9.63. The van der Waals surface area contributed by atoms with Crippen LogP contribution in [0.25, 0.3) is 0 Å². The van der Waals surface area contributed by atoms with Gasteiger partial charge in [-0.1, -0.05) is 6.42 Å². The molecule has 0 aromatic heterocycles. The molecule has 0 bridgehead atoms. The summed E-state index contributed by atoms with van der Waals surface area (Å²) in [5.41, 5.74) is 0. The average molecular weight is 325 g/mol. The van der Waals surface area contributed by atoms with Gasteiger partial charge in [0.05, 0.1) is 12.6 Å². The number of aliphatic imine (C=N–C) groups is 1. The van der Waals surface area contributed by atoms with E-state index in [1.54, 1.807) is 0 Å². The fourth-order valence-electron chi connectivity index (χ4n) is 3.84. The number of rotatable bonds is 5. The van der Waals surface area contributed by atoms with Crippen LogP contribution < -0.4 is 10.6 Å². The number of nitrogens with one attached hydrogen (secondary N) is 2. The number of nitrogens with zero attached hydrogens (tertiary/aromatic N) is 2. The molecule has 5 heteroatoms. The molecule has 2 unspecified atom stereocenters. The highest BCUT2D eigenvalue weighted by atomic mass is 16.3. The lowest BCUT2D eigenvalue weighted by atomic mass is 9.93. The Morgan fingerprint density at radius 3 is 2.61 bits per heavy atom. The molecule has 2 fully saturated rings. The van der Waals surface area contributed by atoms with E-state index in [-0.39, 0.29) is 6.10 Å². The highest BCUT2D eigenvalue weighted by Gasteiger charge is 2.23. The molecule has 1 aliphatic carbocycles. The Morgan fingerprint density at radius 1 is 1.22 bits per heavy atom. The minimum atomic E-state index is -0.104. The van der Waals surface area contributed by atoms with Crippen molar-refractivity contribution in [1.29, 1.82) is 0 Å². The Balaban J connectivity index is 1.84. The molecule has 2 rings (SSSR count). The van der Waals surface area contributed by atoms with E-state index in [1.807, 2.05) is 0 Å². The van der Waals surface area contributed by atoms with Gasteiger partial charge in [0.25, 0.3) is 0 Å². The summed E-state index contributed by atoms with van der Waals surface area (Å²) in [5, 5.41) is 16.6. The Morgan fingerprint density at radius 2 is 1.96 bits per heavy atom. The summed E-state index contributed by atoms with van der Waals surface area (Å²) in [6, 6.07) is 1.62. The molecule has 0 radical (unpaired) electrons. The van der Waals surface area contributed by atoms with Crippen LogP contribution in [0.3, 0.4) is 0 Å². The molecule has 0 amide bonds. The zero-order valence-electron chi connectivity index (χ0n) is 15.2. The lowest BCUT2D eigenvalue weighted by Gasteiger charge is -2.37. The smallest absolute Gasteiger partial charge is 0.191 e. The predicted molar refractivity (Wildman–Crippen MR) is 96.9 cm³/mol. The van der Waals surface area contributed by atoms with Crippen LogP contribution in [0.2, 0.25) is 0 Å². The highest BCUT2D eigenvalue weighted by Crippen LogP contribution is 2.20. The van der Waals surface area contributed by atoms with Gasteiger partial charge in [0.2, 0.25) is 0 Å². The van der Waals surface area contributed by atoms with Gasteiger partial charge >= 0.3 is 0 Å². The normalized spacial score (nSPS) is 31.7. The van der Waals surface area contributed by atoms with Crippen LogP contribution in [0.15, 0.2) is 4.99 Å². The summed E-state index contributed by atoms with van der Waals surface area (Å²) >= 11 is 0. The van der Waals surface area contributed by atoms with Crippen molar-refractivity contribution in [1.82, 2.24) is 15.5 Å². The monoisotopic (exact) mass is 324 g/mol. The van der Waals surface area contributed by atoms with E-state index in [2.05, 4.69) is 36.3 Å². The molecule has 23 heavy (non-hydrogen) atoms. The Kier molecular flexibility index (Phi) is 7.63. The third kappa shape index (κ3) is 5.96. The number of hydrogen-bond donors (Lipinski definition) is 3. The fraction of sp³-hybridized carbons (Fsp3) is 0.944. The fourth-order valence-corrected chi connectivity index (χ4v) is 3.84. The molecule has 1 heterocycles. The summed E-state index contributed by atoms with van der Waals surface area (Å²) in [6.07, 6.45) is 7.77. The number of hydrogen-bond acceptors (Lipinski definition) is 3. The molecule has 0 aromatic rings. The quantitative estimate of drug-likeness (QED) is 0.535. The number of piperidine rings is 1. The largest absolute Gasteiger partial charge is 0.393 e. The standard InChI is InChI=1S/C18H36N4O/c1-4-19-18(21-16-8-10-17(23)11-9-16)20-13-15(3)22-12-6-5-7-14(22)2/h14-17,23H,4-13H2,1-3H3,(H2,19,20,21). The van der Waals surface area contributed by atoms with E-state index < -0.39 is 0 Å². The van der Waals surface area contributed by atoms with Gasteiger partial charge in [-0.15, -0.1) is 0 Å². The summed E-state index contributed by atoms with van der Waals surface area (Å²) < 4.78 is 0. The van der Waals surface area contributed by atoms with Crippen LogP contribution >= 0.6 is 0 Å². The van der Waals surface area contributed by atoms with Crippen molar-refractivity contribution in [3.8, 4) is 0 Å². The second-order valence-corrected chi connectivity index (χ2v) is 7.30. The van der Waals surface area contributed by atoms with Crippen molar-refractivity contribution in [2.24, 2.45) is 4.99 Å². The van der Waals surface area contributed by atoms with Gasteiger partial charge in [-0.05, 0) is 65.8 Å². The van der Waals surface area contributed by atoms with Crippen LogP contribution in [-0.2, 0) is 0 Å². The van der Waals surface area contributed by atoms with Gasteiger partial charge < -0.3 is 15.7 Å². The molecular weight excluding hydrogens is 288 g/mol. The van der Waals surface area contributed by atoms with Crippen molar-refractivity contribution in [2.45, 2.75) is 89.9 Å². The minimum Gasteiger partial charge on any atom is -0.393 e. The Bertz CT molecular complexity index is 366. The lowest BCUT2D eigenvalue weighted by molar-refractivity contribution is 0.117. The molecule has 1 aliphatic heterocycles. The average Bonchev–Trinajstić information content (AvgIpc) is 2.55. The van der Waals surface area contributed by atoms with Crippen LogP contribution in [0.4, 0.5) is 0 Å². The molecule has 2 aliphatic rings. The first-order valence-corrected chi connectivity index (χ1v) is 9.58. The van der Waals surface area contributed by atoms with E-state index in [4.69, 9.17) is 4.99 Å². The van der Waals surface area contributed by atoms with Crippen LogP contribution in [0.1, 0.15) is 65.7 Å². The molecule has 134 valence electrons. The third-order valence-electron chi connectivity index (χ3n) is 5.32. The first-order chi connectivity index (χ1) is 11.1. The third-order valence-corrected chi connectivity index (χ3v) is 5.32. The van der Waals surface area contributed by atoms with Crippen molar-refractivity contribution in [3.63, 3.8) is 0 Å². The van der Waals surface area contributed by atoms with Gasteiger partial charge in [0.1, 0.15) is 0 Å². The number of guanidine groups is 1. The molecule has 0 aromatic carbocycles. The zero-order chi connectivity index (χ0) is 16.7. The number of likely N-dealkylation sites (tertiary alicyclic amines) is 1. The van der Waals surface area contributed by atoms with Gasteiger partial charge in [-0.25, -0.2) is 0 Å². The maximum absolute atomic E-state index is 9.63. The summed E-state index contributed by atoms with van der Waals surface area (Å²) in [4.78, 5) is 7.43. The second kappa shape index (κ2) is 9.48. The van der Waals surface area contributed by atoms with Crippen LogP contribution in [-0.4, -0.2) is 59.8 Å². The maximum Gasteiger partial charge on any atom is 0.191 e. The highest BCUT2D eigenvalue weighted by molar-refractivity contribution is 5.80. The van der Waals surface area contributed by atoms with E-state index in [0.29, 0.717) is 18.1 Å². The van der Waals surface area contributed by atoms with Crippen LogP contribution in [0, 0.1) is 0 Å². The first-order valence-electron chi connectivity index (χ1n) is 9.58. The van der Waals surface area contributed by atoms with Gasteiger partial charge in [-0.3, -0.25) is 9.89 Å². The van der Waals surface area contributed by atoms with Crippen molar-refractivity contribution >= 4 is 5.96 Å². The van der Waals surface area contributed by atoms with Gasteiger partial charge in [0, 0.05) is 24.7 Å².